The minimum Gasteiger partial charge on any atom is -0.352 e. The van der Waals surface area contributed by atoms with Crippen LogP contribution in [0.15, 0.2) is 42.5 Å². The maximum Gasteiger partial charge on any atom is 0.253 e. The number of carbonyl (C=O) groups is 2. The zero-order valence-electron chi connectivity index (χ0n) is 17.1. The van der Waals surface area contributed by atoms with Crippen LogP contribution in [0.4, 0.5) is 5.69 Å². The minimum atomic E-state index is -0.169. The van der Waals surface area contributed by atoms with Gasteiger partial charge < -0.3 is 10.6 Å². The van der Waals surface area contributed by atoms with Crippen molar-refractivity contribution >= 4 is 40.7 Å². The molecule has 2 amide bonds. The van der Waals surface area contributed by atoms with Crippen LogP contribution < -0.4 is 10.6 Å². The normalized spacial score (nSPS) is 16.8. The summed E-state index contributed by atoms with van der Waals surface area (Å²) in [4.78, 5) is 27.6. The Hall–Kier alpha value is -2.08. The van der Waals surface area contributed by atoms with Gasteiger partial charge in [0.15, 0.2) is 0 Å². The molecule has 0 radical (unpaired) electrons. The lowest BCUT2D eigenvalue weighted by Crippen LogP contribution is -2.40. The summed E-state index contributed by atoms with van der Waals surface area (Å²) in [5, 5.41) is 6.92. The van der Waals surface area contributed by atoms with E-state index in [1.165, 1.54) is 0 Å². The number of hydrogen-bond donors (Lipinski definition) is 2. The minimum absolute atomic E-state index is 0.0513. The van der Waals surface area contributed by atoms with Crippen LogP contribution in [-0.4, -0.2) is 36.3 Å². The van der Waals surface area contributed by atoms with Crippen molar-refractivity contribution in [2.24, 2.45) is 5.92 Å². The molecule has 0 spiro atoms. The molecule has 1 aliphatic heterocycles. The molecule has 1 unspecified atom stereocenters. The van der Waals surface area contributed by atoms with Crippen LogP contribution in [0.25, 0.3) is 0 Å². The summed E-state index contributed by atoms with van der Waals surface area (Å²) < 4.78 is 0. The second-order valence-electron chi connectivity index (χ2n) is 7.61. The maximum absolute atomic E-state index is 12.9. The Morgan fingerprint density at radius 3 is 2.70 bits per heavy atom. The summed E-state index contributed by atoms with van der Waals surface area (Å²) in [5.41, 5.74) is 2.11. The zero-order chi connectivity index (χ0) is 21.5. The second-order valence-corrected chi connectivity index (χ2v) is 8.43. The van der Waals surface area contributed by atoms with E-state index < -0.39 is 0 Å². The van der Waals surface area contributed by atoms with Crippen molar-refractivity contribution < 1.29 is 9.59 Å². The highest BCUT2D eigenvalue weighted by Gasteiger charge is 2.26. The average molecular weight is 448 g/mol. The lowest BCUT2D eigenvalue weighted by atomic mass is 9.96. The first-order valence-electron chi connectivity index (χ1n) is 10.3. The van der Waals surface area contributed by atoms with Gasteiger partial charge >= 0.3 is 0 Å². The Balaban J connectivity index is 1.63. The fourth-order valence-electron chi connectivity index (χ4n) is 3.67. The van der Waals surface area contributed by atoms with E-state index in [1.54, 1.807) is 24.3 Å². The summed E-state index contributed by atoms with van der Waals surface area (Å²) in [6.07, 6.45) is 2.63. The number of anilines is 1. The summed E-state index contributed by atoms with van der Waals surface area (Å²) in [5.74, 6) is -0.351. The average Bonchev–Trinajstić information content (AvgIpc) is 2.75. The van der Waals surface area contributed by atoms with E-state index >= 15 is 0 Å². The van der Waals surface area contributed by atoms with Crippen LogP contribution in [0, 0.1) is 5.92 Å². The number of likely N-dealkylation sites (tertiary alicyclic amines) is 1. The number of rotatable bonds is 7. The van der Waals surface area contributed by atoms with Gasteiger partial charge in [0.2, 0.25) is 5.91 Å². The van der Waals surface area contributed by atoms with E-state index in [0.717, 1.165) is 37.9 Å². The summed E-state index contributed by atoms with van der Waals surface area (Å²) in [6.45, 7) is 4.92. The van der Waals surface area contributed by atoms with Crippen molar-refractivity contribution in [1.29, 1.82) is 0 Å². The molecule has 1 fully saturated rings. The van der Waals surface area contributed by atoms with Gasteiger partial charge in [-0.3, -0.25) is 14.5 Å². The van der Waals surface area contributed by atoms with E-state index in [-0.39, 0.29) is 17.7 Å². The van der Waals surface area contributed by atoms with E-state index in [4.69, 9.17) is 23.2 Å². The highest BCUT2D eigenvalue weighted by Crippen LogP contribution is 2.25. The number of nitrogens with zero attached hydrogens (tertiary/aromatic N) is 1. The van der Waals surface area contributed by atoms with E-state index in [0.29, 0.717) is 34.4 Å². The van der Waals surface area contributed by atoms with Crippen LogP contribution in [0.2, 0.25) is 10.0 Å². The van der Waals surface area contributed by atoms with E-state index in [1.807, 2.05) is 25.1 Å². The first-order chi connectivity index (χ1) is 14.5. The van der Waals surface area contributed by atoms with Crippen LogP contribution in [0.1, 0.15) is 42.1 Å². The van der Waals surface area contributed by atoms with E-state index in [9.17, 15) is 9.59 Å². The second kappa shape index (κ2) is 10.8. The third-order valence-corrected chi connectivity index (χ3v) is 5.97. The van der Waals surface area contributed by atoms with Crippen molar-refractivity contribution in [2.75, 3.05) is 25.0 Å². The van der Waals surface area contributed by atoms with Crippen LogP contribution >= 0.6 is 23.2 Å². The van der Waals surface area contributed by atoms with Gasteiger partial charge in [0.1, 0.15) is 0 Å². The maximum atomic E-state index is 12.9. The molecule has 5 nitrogen and oxygen atoms in total. The fraction of sp³-hybridized carbons (Fsp3) is 0.391. The predicted octanol–water partition coefficient (Wildman–Crippen LogP) is 4.98. The Bertz CT molecular complexity index is 904. The molecular weight excluding hydrogens is 421 g/mol. The Morgan fingerprint density at radius 1 is 1.13 bits per heavy atom. The standard InChI is InChI=1S/C23H27Cl2N3O2/c1-2-11-26-23(30)18-7-3-4-8-21(18)27-22(29)17-6-5-12-28(15-17)14-16-9-10-19(24)20(25)13-16/h3-4,7-10,13,17H,2,5-6,11-12,14-15H2,1H3,(H,26,30)(H,27,29). The molecule has 2 aromatic rings. The molecule has 1 aliphatic rings. The molecule has 1 atom stereocenters. The number of halogens is 2. The summed E-state index contributed by atoms with van der Waals surface area (Å²) in [7, 11) is 0. The van der Waals surface area contributed by atoms with E-state index in [2.05, 4.69) is 15.5 Å². The third-order valence-electron chi connectivity index (χ3n) is 5.23. The Kier molecular flexibility index (Phi) is 8.14. The number of piperidine rings is 1. The summed E-state index contributed by atoms with van der Waals surface area (Å²) >= 11 is 12.1. The molecule has 1 saturated heterocycles. The SMILES string of the molecule is CCCNC(=O)c1ccccc1NC(=O)C1CCCN(Cc2ccc(Cl)c(Cl)c2)C1. The van der Waals surface area contributed by atoms with Crippen LogP contribution in [0.3, 0.4) is 0 Å². The van der Waals surface area contributed by atoms with Gasteiger partial charge in [0, 0.05) is 19.6 Å². The number of hydrogen-bond acceptors (Lipinski definition) is 3. The predicted molar refractivity (Wildman–Crippen MR) is 122 cm³/mol. The topological polar surface area (TPSA) is 61.4 Å². The highest BCUT2D eigenvalue weighted by atomic mass is 35.5. The molecule has 2 aromatic carbocycles. The highest BCUT2D eigenvalue weighted by molar-refractivity contribution is 6.42. The first-order valence-corrected chi connectivity index (χ1v) is 11.1. The van der Waals surface area contributed by atoms with Gasteiger partial charge in [-0.25, -0.2) is 0 Å². The number of amides is 2. The molecule has 0 aliphatic carbocycles. The van der Waals surface area contributed by atoms with Crippen molar-refractivity contribution in [2.45, 2.75) is 32.7 Å². The lowest BCUT2D eigenvalue weighted by Gasteiger charge is -2.32. The molecule has 0 bridgehead atoms. The van der Waals surface area contributed by atoms with Crippen LogP contribution in [0.5, 0.6) is 0 Å². The smallest absolute Gasteiger partial charge is 0.253 e. The quantitative estimate of drug-likeness (QED) is 0.628. The summed E-state index contributed by atoms with van der Waals surface area (Å²) in [6, 6.07) is 12.8. The number of para-hydroxylation sites is 1. The monoisotopic (exact) mass is 447 g/mol. The molecule has 3 rings (SSSR count). The van der Waals surface area contributed by atoms with Gasteiger partial charge in [-0.05, 0) is 55.6 Å². The molecule has 1 heterocycles. The van der Waals surface area contributed by atoms with Gasteiger partial charge in [-0.1, -0.05) is 48.3 Å². The first kappa shape index (κ1) is 22.6. The molecule has 30 heavy (non-hydrogen) atoms. The molecule has 2 N–H and O–H groups in total. The third kappa shape index (κ3) is 5.97. The molecular formula is C23H27Cl2N3O2. The van der Waals surface area contributed by atoms with Gasteiger partial charge in [-0.2, -0.15) is 0 Å². The Morgan fingerprint density at radius 2 is 1.93 bits per heavy atom. The van der Waals surface area contributed by atoms with Gasteiger partial charge in [0.05, 0.1) is 27.2 Å². The number of nitrogens with one attached hydrogen (secondary N) is 2. The molecule has 160 valence electrons. The van der Waals surface area contributed by atoms with Gasteiger partial charge in [-0.15, -0.1) is 0 Å². The lowest BCUT2D eigenvalue weighted by molar-refractivity contribution is -0.121. The number of carbonyl (C=O) groups excluding carboxylic acids is 2. The van der Waals surface area contributed by atoms with Crippen molar-refractivity contribution in [1.82, 2.24) is 10.2 Å². The van der Waals surface area contributed by atoms with Crippen molar-refractivity contribution in [3.8, 4) is 0 Å². The number of benzene rings is 2. The van der Waals surface area contributed by atoms with Crippen LogP contribution in [-0.2, 0) is 11.3 Å². The Labute approximate surface area is 187 Å². The zero-order valence-corrected chi connectivity index (χ0v) is 18.6. The fourth-order valence-corrected chi connectivity index (χ4v) is 3.99. The molecule has 0 aromatic heterocycles. The largest absolute Gasteiger partial charge is 0.352 e. The van der Waals surface area contributed by atoms with Crippen molar-refractivity contribution in [3.63, 3.8) is 0 Å². The molecule has 7 heteroatoms. The van der Waals surface area contributed by atoms with Crippen molar-refractivity contribution in [3.05, 3.63) is 63.6 Å². The van der Waals surface area contributed by atoms with Gasteiger partial charge in [0.25, 0.3) is 5.91 Å². The molecule has 0 saturated carbocycles.